The molecule has 1 saturated heterocycles. The molecule has 1 aliphatic rings. The van der Waals surface area contributed by atoms with E-state index in [-0.39, 0.29) is 17.4 Å². The Morgan fingerprint density at radius 1 is 1.71 bits per heavy atom. The van der Waals surface area contributed by atoms with Gasteiger partial charge in [-0.15, -0.1) is 0 Å². The Kier molecular flexibility index (Phi) is 3.23. The number of nitrogens with zero attached hydrogens (tertiary/aromatic N) is 2. The monoisotopic (exact) mass is 239 g/mol. The molecule has 0 spiro atoms. The van der Waals surface area contributed by atoms with E-state index in [1.54, 1.807) is 7.05 Å². The number of halogens is 1. The summed E-state index contributed by atoms with van der Waals surface area (Å²) in [6, 6.07) is 1.33. The maximum atomic E-state index is 13.6. The van der Waals surface area contributed by atoms with Crippen LogP contribution in [0, 0.1) is 5.82 Å². The predicted octanol–water partition coefficient (Wildman–Crippen LogP) is 0.664. The number of likely N-dealkylation sites (N-methyl/N-ethyl adjacent to an activating group) is 1. The molecule has 92 valence electrons. The average molecular weight is 239 g/mol. The van der Waals surface area contributed by atoms with Crippen LogP contribution in [0.3, 0.4) is 0 Å². The van der Waals surface area contributed by atoms with Gasteiger partial charge in [0.2, 0.25) is 0 Å². The highest BCUT2D eigenvalue weighted by molar-refractivity contribution is 5.95. The zero-order valence-corrected chi connectivity index (χ0v) is 9.52. The van der Waals surface area contributed by atoms with Crippen LogP contribution in [0.15, 0.2) is 12.3 Å². The van der Waals surface area contributed by atoms with E-state index >= 15 is 0 Å². The Bertz CT molecular complexity index is 433. The van der Waals surface area contributed by atoms with Gasteiger partial charge in [0.1, 0.15) is 0 Å². The van der Waals surface area contributed by atoms with E-state index in [0.29, 0.717) is 13.2 Å². The molecule has 2 heterocycles. The summed E-state index contributed by atoms with van der Waals surface area (Å²) in [6.07, 6.45) is 2.09. The van der Waals surface area contributed by atoms with Crippen LogP contribution in [0.1, 0.15) is 16.8 Å². The Morgan fingerprint density at radius 3 is 3.12 bits per heavy atom. The van der Waals surface area contributed by atoms with Gasteiger partial charge in [-0.1, -0.05) is 0 Å². The lowest BCUT2D eigenvalue weighted by Crippen LogP contribution is -2.37. The van der Waals surface area contributed by atoms with Crippen LogP contribution >= 0.6 is 0 Å². The minimum absolute atomic E-state index is 0.00344. The molecule has 1 aromatic rings. The lowest BCUT2D eigenvalue weighted by molar-refractivity contribution is 0.0706. The third-order valence-electron chi connectivity index (χ3n) is 2.92. The van der Waals surface area contributed by atoms with Crippen molar-refractivity contribution >= 4 is 11.7 Å². The maximum Gasteiger partial charge on any atom is 0.257 e. The van der Waals surface area contributed by atoms with Crippen LogP contribution in [-0.4, -0.2) is 42.1 Å². The Hall–Kier alpha value is -1.69. The van der Waals surface area contributed by atoms with Crippen molar-refractivity contribution in [3.05, 3.63) is 23.6 Å². The molecule has 1 aromatic heterocycles. The van der Waals surface area contributed by atoms with Gasteiger partial charge in [-0.3, -0.25) is 4.79 Å². The molecule has 0 aliphatic carbocycles. The van der Waals surface area contributed by atoms with E-state index in [0.717, 1.165) is 6.42 Å². The third kappa shape index (κ3) is 2.21. The van der Waals surface area contributed by atoms with E-state index in [9.17, 15) is 9.18 Å². The van der Waals surface area contributed by atoms with Crippen LogP contribution in [0.4, 0.5) is 10.2 Å². The molecule has 2 N–H and O–H groups in total. The first-order valence-electron chi connectivity index (χ1n) is 5.36. The molecule has 0 saturated carbocycles. The molecule has 6 heteroatoms. The first-order chi connectivity index (χ1) is 8.11. The van der Waals surface area contributed by atoms with E-state index < -0.39 is 11.7 Å². The molecule has 0 bridgehead atoms. The van der Waals surface area contributed by atoms with Gasteiger partial charge in [-0.2, -0.15) is 0 Å². The molecule has 1 unspecified atom stereocenters. The molecule has 17 heavy (non-hydrogen) atoms. The van der Waals surface area contributed by atoms with Crippen LogP contribution in [0.5, 0.6) is 0 Å². The number of ether oxygens (including phenoxy) is 1. The number of amides is 1. The topological polar surface area (TPSA) is 68.5 Å². The molecule has 2 rings (SSSR count). The first-order valence-corrected chi connectivity index (χ1v) is 5.36. The van der Waals surface area contributed by atoms with E-state index in [1.165, 1.54) is 17.2 Å². The van der Waals surface area contributed by atoms with Crippen molar-refractivity contribution in [2.45, 2.75) is 12.5 Å². The molecule has 0 radical (unpaired) electrons. The lowest BCUT2D eigenvalue weighted by Gasteiger charge is -2.23. The van der Waals surface area contributed by atoms with Gasteiger partial charge >= 0.3 is 0 Å². The smallest absolute Gasteiger partial charge is 0.257 e. The number of carbonyl (C=O) groups is 1. The number of nitrogen functional groups attached to an aromatic ring is 1. The summed E-state index contributed by atoms with van der Waals surface area (Å²) >= 11 is 0. The summed E-state index contributed by atoms with van der Waals surface area (Å²) in [6.45, 7) is 1.12. The third-order valence-corrected chi connectivity index (χ3v) is 2.92. The number of aromatic nitrogens is 1. The number of hydrogen-bond acceptors (Lipinski definition) is 4. The fourth-order valence-corrected chi connectivity index (χ4v) is 1.81. The summed E-state index contributed by atoms with van der Waals surface area (Å²) in [4.78, 5) is 17.1. The van der Waals surface area contributed by atoms with Gasteiger partial charge in [-0.25, -0.2) is 9.37 Å². The number of carbonyl (C=O) groups excluding carboxylic acids is 1. The summed E-state index contributed by atoms with van der Waals surface area (Å²) in [5.74, 6) is -1.41. The van der Waals surface area contributed by atoms with Gasteiger partial charge in [0.25, 0.3) is 5.91 Å². The second kappa shape index (κ2) is 4.67. The summed E-state index contributed by atoms with van der Waals surface area (Å²) in [5, 5.41) is 0. The molecule has 0 aromatic carbocycles. The van der Waals surface area contributed by atoms with Crippen LogP contribution < -0.4 is 5.73 Å². The molecular formula is C11H14FN3O2. The van der Waals surface area contributed by atoms with Gasteiger partial charge in [0.15, 0.2) is 11.6 Å². The Morgan fingerprint density at radius 2 is 2.47 bits per heavy atom. The number of pyridine rings is 1. The van der Waals surface area contributed by atoms with Gasteiger partial charge in [0.05, 0.1) is 18.2 Å². The van der Waals surface area contributed by atoms with E-state index in [4.69, 9.17) is 10.5 Å². The second-order valence-corrected chi connectivity index (χ2v) is 3.99. The molecule has 1 fully saturated rings. The normalized spacial score (nSPS) is 19.3. The van der Waals surface area contributed by atoms with Crippen LogP contribution in [0.25, 0.3) is 0 Å². The Balaban J connectivity index is 2.21. The molecule has 1 atom stereocenters. The first kappa shape index (κ1) is 11.8. The number of anilines is 1. The van der Waals surface area contributed by atoms with Crippen molar-refractivity contribution in [1.29, 1.82) is 0 Å². The van der Waals surface area contributed by atoms with Crippen molar-refractivity contribution in [2.24, 2.45) is 0 Å². The largest absolute Gasteiger partial charge is 0.381 e. The zero-order valence-electron chi connectivity index (χ0n) is 9.52. The van der Waals surface area contributed by atoms with Crippen molar-refractivity contribution in [3.63, 3.8) is 0 Å². The van der Waals surface area contributed by atoms with Crippen LogP contribution in [0.2, 0.25) is 0 Å². The fraction of sp³-hybridized carbons (Fsp3) is 0.455. The van der Waals surface area contributed by atoms with Gasteiger partial charge in [-0.05, 0) is 12.5 Å². The Labute approximate surface area is 98.4 Å². The highest BCUT2D eigenvalue weighted by atomic mass is 19.1. The minimum Gasteiger partial charge on any atom is -0.381 e. The number of nitrogens with two attached hydrogens (primary N) is 1. The standard InChI is InChI=1S/C11H14FN3O2/c1-15(7-3-5-17-6-7)11(16)8-2-4-14-10(13)9(8)12/h2,4,7H,3,5-6H2,1H3,(H2,13,14). The van der Waals surface area contributed by atoms with Crippen molar-refractivity contribution < 1.29 is 13.9 Å². The summed E-state index contributed by atoms with van der Waals surface area (Å²) in [7, 11) is 1.64. The van der Waals surface area contributed by atoms with E-state index in [2.05, 4.69) is 4.98 Å². The summed E-state index contributed by atoms with van der Waals surface area (Å²) in [5.41, 5.74) is 5.28. The maximum absolute atomic E-state index is 13.6. The van der Waals surface area contributed by atoms with Crippen molar-refractivity contribution in [2.75, 3.05) is 26.0 Å². The van der Waals surface area contributed by atoms with Gasteiger partial charge in [0, 0.05) is 19.9 Å². The molecule has 1 amide bonds. The fourth-order valence-electron chi connectivity index (χ4n) is 1.81. The molecular weight excluding hydrogens is 225 g/mol. The number of hydrogen-bond donors (Lipinski definition) is 1. The zero-order chi connectivity index (χ0) is 12.4. The summed E-state index contributed by atoms with van der Waals surface area (Å²) < 4.78 is 18.8. The highest BCUT2D eigenvalue weighted by Crippen LogP contribution is 2.17. The second-order valence-electron chi connectivity index (χ2n) is 3.99. The molecule has 5 nitrogen and oxygen atoms in total. The van der Waals surface area contributed by atoms with E-state index in [1.807, 2.05) is 0 Å². The van der Waals surface area contributed by atoms with Crippen molar-refractivity contribution in [1.82, 2.24) is 9.88 Å². The predicted molar refractivity (Wildman–Crippen MR) is 59.9 cm³/mol. The van der Waals surface area contributed by atoms with Gasteiger partial charge < -0.3 is 15.4 Å². The minimum atomic E-state index is -0.761. The van der Waals surface area contributed by atoms with Crippen LogP contribution in [-0.2, 0) is 4.74 Å². The SMILES string of the molecule is CN(C(=O)c1ccnc(N)c1F)C1CCOC1. The number of rotatable bonds is 2. The lowest BCUT2D eigenvalue weighted by atomic mass is 10.1. The average Bonchev–Trinajstić information content (AvgIpc) is 2.84. The molecule has 1 aliphatic heterocycles. The van der Waals surface area contributed by atoms with Crippen molar-refractivity contribution in [3.8, 4) is 0 Å². The highest BCUT2D eigenvalue weighted by Gasteiger charge is 2.27. The quantitative estimate of drug-likeness (QED) is 0.823.